The first-order valence-corrected chi connectivity index (χ1v) is 5.14. The summed E-state index contributed by atoms with van der Waals surface area (Å²) < 4.78 is 10.5. The number of carbonyl (C=O) groups is 1. The molecule has 0 spiro atoms. The average Bonchev–Trinajstić information content (AvgIpc) is 2.17. The Bertz CT molecular complexity index is 278. The van der Waals surface area contributed by atoms with Crippen LogP contribution in [-0.2, 0) is 14.3 Å². The Labute approximate surface area is 84.1 Å². The lowest BCUT2D eigenvalue weighted by Gasteiger charge is -2.30. The number of hydrogen-bond acceptors (Lipinski definition) is 3. The van der Waals surface area contributed by atoms with Crippen LogP contribution in [-0.4, -0.2) is 19.2 Å². The highest BCUT2D eigenvalue weighted by atomic mass is 16.7. The van der Waals surface area contributed by atoms with Crippen LogP contribution in [0.2, 0.25) is 0 Å². The van der Waals surface area contributed by atoms with E-state index < -0.39 is 0 Å². The maximum absolute atomic E-state index is 11.7. The number of rotatable bonds is 1. The lowest BCUT2D eigenvalue weighted by molar-refractivity contribution is -0.122. The fourth-order valence-electron chi connectivity index (χ4n) is 1.99. The van der Waals surface area contributed by atoms with Crippen LogP contribution < -0.4 is 0 Å². The van der Waals surface area contributed by atoms with E-state index in [2.05, 4.69) is 13.8 Å². The Morgan fingerprint density at radius 3 is 2.86 bits per heavy atom. The van der Waals surface area contributed by atoms with Gasteiger partial charge in [-0.15, -0.1) is 0 Å². The number of hydrogen-bond donors (Lipinski definition) is 0. The molecule has 0 saturated heterocycles. The quantitative estimate of drug-likeness (QED) is 0.642. The number of Topliss-reactive ketones (excluding diaryl/α,β-unsaturated/α-hetero) is 1. The van der Waals surface area contributed by atoms with E-state index in [1.807, 2.05) is 0 Å². The largest absolute Gasteiger partial charge is 0.471 e. The molecular weight excluding hydrogens is 180 g/mol. The molecule has 3 heteroatoms. The lowest BCUT2D eigenvalue weighted by atomic mass is 9.80. The monoisotopic (exact) mass is 196 g/mol. The summed E-state index contributed by atoms with van der Waals surface area (Å²) in [5.41, 5.74) is 0.771. The van der Waals surface area contributed by atoms with E-state index in [0.717, 1.165) is 17.8 Å². The van der Waals surface area contributed by atoms with E-state index in [4.69, 9.17) is 9.47 Å². The van der Waals surface area contributed by atoms with Crippen LogP contribution in [0, 0.1) is 11.8 Å². The van der Waals surface area contributed by atoms with Gasteiger partial charge in [-0.05, 0) is 11.8 Å². The topological polar surface area (TPSA) is 35.5 Å². The van der Waals surface area contributed by atoms with E-state index in [9.17, 15) is 4.79 Å². The van der Waals surface area contributed by atoms with Crippen molar-refractivity contribution in [3.8, 4) is 0 Å². The standard InChI is InChI=1S/C11H16O3/c1-7(2)8-3-10(12)9-5-13-6-14-11(9)4-8/h7-8H,3-6H2,1-2H3. The average molecular weight is 196 g/mol. The zero-order valence-corrected chi connectivity index (χ0v) is 8.71. The summed E-state index contributed by atoms with van der Waals surface area (Å²) in [6, 6.07) is 0. The molecule has 1 aliphatic heterocycles. The SMILES string of the molecule is CC(C)C1CC(=O)C2=C(C1)OCOC2. The molecule has 0 N–H and O–H groups in total. The molecule has 0 bridgehead atoms. The molecule has 2 rings (SSSR count). The molecule has 0 aromatic rings. The molecule has 0 fully saturated rings. The molecule has 1 unspecified atom stereocenters. The molecular formula is C11H16O3. The van der Waals surface area contributed by atoms with Gasteiger partial charge in [0.05, 0.1) is 12.2 Å². The molecule has 0 saturated carbocycles. The summed E-state index contributed by atoms with van der Waals surface area (Å²) in [6.45, 7) is 5.06. The van der Waals surface area contributed by atoms with Gasteiger partial charge in [-0.2, -0.15) is 0 Å². The van der Waals surface area contributed by atoms with Gasteiger partial charge in [0.25, 0.3) is 0 Å². The van der Waals surface area contributed by atoms with Gasteiger partial charge >= 0.3 is 0 Å². The molecule has 2 aliphatic rings. The molecule has 1 aliphatic carbocycles. The molecule has 1 atom stereocenters. The van der Waals surface area contributed by atoms with Crippen molar-refractivity contribution in [2.45, 2.75) is 26.7 Å². The molecule has 1 heterocycles. The predicted octanol–water partition coefficient (Wildman–Crippen LogP) is 1.88. The van der Waals surface area contributed by atoms with Crippen molar-refractivity contribution in [2.24, 2.45) is 11.8 Å². The van der Waals surface area contributed by atoms with Gasteiger partial charge in [-0.1, -0.05) is 13.8 Å². The predicted molar refractivity (Wildman–Crippen MR) is 51.5 cm³/mol. The minimum Gasteiger partial charge on any atom is -0.471 e. The minimum atomic E-state index is 0.213. The van der Waals surface area contributed by atoms with E-state index in [-0.39, 0.29) is 5.78 Å². The van der Waals surface area contributed by atoms with Crippen LogP contribution in [0.25, 0.3) is 0 Å². The van der Waals surface area contributed by atoms with Crippen molar-refractivity contribution in [1.82, 2.24) is 0 Å². The molecule has 0 radical (unpaired) electrons. The summed E-state index contributed by atoms with van der Waals surface area (Å²) in [4.78, 5) is 11.7. The third kappa shape index (κ3) is 1.69. The number of ether oxygens (including phenoxy) is 2. The summed E-state index contributed by atoms with van der Waals surface area (Å²) >= 11 is 0. The van der Waals surface area contributed by atoms with E-state index in [1.165, 1.54) is 0 Å². The van der Waals surface area contributed by atoms with Crippen LogP contribution in [0.5, 0.6) is 0 Å². The van der Waals surface area contributed by atoms with Gasteiger partial charge in [-0.25, -0.2) is 0 Å². The smallest absolute Gasteiger partial charge is 0.188 e. The molecule has 3 nitrogen and oxygen atoms in total. The van der Waals surface area contributed by atoms with E-state index >= 15 is 0 Å². The number of allylic oxidation sites excluding steroid dienone is 1. The zero-order valence-electron chi connectivity index (χ0n) is 8.71. The van der Waals surface area contributed by atoms with Crippen molar-refractivity contribution in [3.63, 3.8) is 0 Å². The number of carbonyl (C=O) groups excluding carboxylic acids is 1. The Balaban J connectivity index is 2.19. The van der Waals surface area contributed by atoms with Gasteiger partial charge in [0.1, 0.15) is 5.76 Å². The van der Waals surface area contributed by atoms with Crippen molar-refractivity contribution in [3.05, 3.63) is 11.3 Å². The van der Waals surface area contributed by atoms with Gasteiger partial charge < -0.3 is 9.47 Å². The van der Waals surface area contributed by atoms with Crippen LogP contribution in [0.4, 0.5) is 0 Å². The van der Waals surface area contributed by atoms with Crippen molar-refractivity contribution in [2.75, 3.05) is 13.4 Å². The first-order valence-electron chi connectivity index (χ1n) is 5.14. The Hall–Kier alpha value is -0.830. The van der Waals surface area contributed by atoms with Crippen molar-refractivity contribution in [1.29, 1.82) is 0 Å². The molecule has 78 valence electrons. The van der Waals surface area contributed by atoms with Crippen molar-refractivity contribution < 1.29 is 14.3 Å². The van der Waals surface area contributed by atoms with Crippen LogP contribution in [0.15, 0.2) is 11.3 Å². The van der Waals surface area contributed by atoms with Gasteiger partial charge in [0, 0.05) is 12.8 Å². The number of ketones is 1. The van der Waals surface area contributed by atoms with Crippen LogP contribution >= 0.6 is 0 Å². The molecule has 0 aromatic carbocycles. The maximum atomic E-state index is 11.7. The highest BCUT2D eigenvalue weighted by Crippen LogP contribution is 2.33. The van der Waals surface area contributed by atoms with E-state index in [0.29, 0.717) is 31.7 Å². The highest BCUT2D eigenvalue weighted by Gasteiger charge is 2.31. The fraction of sp³-hybridized carbons (Fsp3) is 0.727. The second kappa shape index (κ2) is 3.73. The normalized spacial score (nSPS) is 27.6. The van der Waals surface area contributed by atoms with Gasteiger partial charge in [-0.3, -0.25) is 4.79 Å². The third-order valence-electron chi connectivity index (χ3n) is 3.07. The van der Waals surface area contributed by atoms with Crippen molar-refractivity contribution >= 4 is 5.78 Å². The fourth-order valence-corrected chi connectivity index (χ4v) is 1.99. The molecule has 14 heavy (non-hydrogen) atoms. The minimum absolute atomic E-state index is 0.213. The second-order valence-electron chi connectivity index (χ2n) is 4.35. The highest BCUT2D eigenvalue weighted by molar-refractivity contribution is 5.97. The van der Waals surface area contributed by atoms with Crippen LogP contribution in [0.1, 0.15) is 26.7 Å². The maximum Gasteiger partial charge on any atom is 0.188 e. The lowest BCUT2D eigenvalue weighted by Crippen LogP contribution is -2.29. The van der Waals surface area contributed by atoms with Gasteiger partial charge in [0.2, 0.25) is 0 Å². The molecule has 0 amide bonds. The zero-order chi connectivity index (χ0) is 10.1. The van der Waals surface area contributed by atoms with E-state index in [1.54, 1.807) is 0 Å². The summed E-state index contributed by atoms with van der Waals surface area (Å²) in [5, 5.41) is 0. The molecule has 0 aromatic heterocycles. The summed E-state index contributed by atoms with van der Waals surface area (Å²) in [7, 11) is 0. The summed E-state index contributed by atoms with van der Waals surface area (Å²) in [6.07, 6.45) is 1.56. The second-order valence-corrected chi connectivity index (χ2v) is 4.35. The first-order chi connectivity index (χ1) is 6.68. The Morgan fingerprint density at radius 2 is 2.14 bits per heavy atom. The first kappa shape index (κ1) is 9.71. The third-order valence-corrected chi connectivity index (χ3v) is 3.07. The Kier molecular flexibility index (Phi) is 2.59. The van der Waals surface area contributed by atoms with Crippen LogP contribution in [0.3, 0.4) is 0 Å². The Morgan fingerprint density at radius 1 is 1.36 bits per heavy atom. The van der Waals surface area contributed by atoms with Gasteiger partial charge in [0.15, 0.2) is 12.6 Å². The summed E-state index contributed by atoms with van der Waals surface area (Å²) in [5.74, 6) is 2.08.